The second-order valence-corrected chi connectivity index (χ2v) is 14.2. The zero-order valence-electron chi connectivity index (χ0n) is 29.7. The van der Waals surface area contributed by atoms with E-state index in [0.717, 1.165) is 105 Å². The van der Waals surface area contributed by atoms with Crippen LogP contribution < -0.4 is 0 Å². The van der Waals surface area contributed by atoms with Crippen LogP contribution >= 0.6 is 12.6 Å². The monoisotopic (exact) mass is 722 g/mol. The number of benzene rings is 5. The number of fused-ring (bicyclic) bond motifs is 8. The third kappa shape index (κ3) is 6.11. The zero-order valence-corrected chi connectivity index (χ0v) is 30.6. The summed E-state index contributed by atoms with van der Waals surface area (Å²) in [6.45, 7) is 0. The normalized spacial score (nSPS) is 11.9. The number of thiol groups is 1. The number of aromatic amines is 2. The maximum atomic E-state index is 5.43. The van der Waals surface area contributed by atoms with Gasteiger partial charge in [-0.15, -0.1) is 12.6 Å². The molecule has 8 aromatic rings. The lowest BCUT2D eigenvalue weighted by Gasteiger charge is -2.08. The first-order chi connectivity index (χ1) is 27.2. The molecule has 0 aliphatic carbocycles. The molecular weight excluding hydrogens is 689 g/mol. The van der Waals surface area contributed by atoms with Crippen molar-refractivity contribution >= 4 is 59.0 Å². The zero-order chi connectivity index (χ0) is 36.7. The summed E-state index contributed by atoms with van der Waals surface area (Å²) in [5, 5.41) is 0. The fraction of sp³-hybridized carbons (Fsp3) is 0. The van der Waals surface area contributed by atoms with Crippen LogP contribution in [0.5, 0.6) is 0 Å². The first-order valence-electron chi connectivity index (χ1n) is 18.4. The van der Waals surface area contributed by atoms with Gasteiger partial charge in [0.05, 0.1) is 22.8 Å². The molecule has 0 unspecified atom stereocenters. The lowest BCUT2D eigenvalue weighted by atomic mass is 9.99. The maximum Gasteiger partial charge on any atom is 0.0737 e. The molecule has 0 amide bonds. The minimum atomic E-state index is 0.884. The largest absolute Gasteiger partial charge is 0.354 e. The van der Waals surface area contributed by atoms with Crippen molar-refractivity contribution in [1.29, 1.82) is 0 Å². The molecule has 2 aliphatic heterocycles. The highest BCUT2D eigenvalue weighted by atomic mass is 32.1. The van der Waals surface area contributed by atoms with E-state index in [4.69, 9.17) is 9.97 Å². The van der Waals surface area contributed by atoms with Crippen molar-refractivity contribution in [3.8, 4) is 55.6 Å². The van der Waals surface area contributed by atoms with Crippen molar-refractivity contribution in [2.75, 3.05) is 0 Å². The molecule has 5 aromatic carbocycles. The molecule has 3 aromatic heterocycles. The standard InChI is InChI=1S/C50H34N4S/c55-38-22-20-33(21-23-38)32-16-18-37(19-17-32)50-45-30-28-43(53-45)48(35-12-6-2-7-13-35)41-26-24-39(51-41)47(34-10-4-1-5-11-34)40-25-27-42(52-40)49(36-14-8-3-9-15-36)44-29-31-46(50)54-44/h1-31,51,54-55H. The van der Waals surface area contributed by atoms with Crippen LogP contribution in [-0.2, 0) is 0 Å². The smallest absolute Gasteiger partial charge is 0.0737 e. The molecule has 55 heavy (non-hydrogen) atoms. The summed E-state index contributed by atoms with van der Waals surface area (Å²) in [5.41, 5.74) is 18.2. The second-order valence-electron chi connectivity index (χ2n) is 13.7. The van der Waals surface area contributed by atoms with Crippen molar-refractivity contribution in [3.05, 3.63) is 187 Å². The van der Waals surface area contributed by atoms with E-state index in [2.05, 4.69) is 199 Å². The fourth-order valence-electron chi connectivity index (χ4n) is 7.72. The first-order valence-corrected chi connectivity index (χ1v) is 18.8. The van der Waals surface area contributed by atoms with Crippen LogP contribution in [0, 0.1) is 0 Å². The Kier molecular flexibility index (Phi) is 8.20. The van der Waals surface area contributed by atoms with Crippen molar-refractivity contribution in [3.63, 3.8) is 0 Å². The molecule has 5 heteroatoms. The van der Waals surface area contributed by atoms with E-state index in [1.54, 1.807) is 0 Å². The fourth-order valence-corrected chi connectivity index (χ4v) is 7.87. The molecule has 4 nitrogen and oxygen atoms in total. The van der Waals surface area contributed by atoms with E-state index in [1.807, 2.05) is 12.1 Å². The highest BCUT2D eigenvalue weighted by Crippen LogP contribution is 2.38. The third-order valence-electron chi connectivity index (χ3n) is 10.3. The van der Waals surface area contributed by atoms with Gasteiger partial charge in [0.1, 0.15) is 0 Å². The van der Waals surface area contributed by atoms with Crippen LogP contribution in [-0.4, -0.2) is 19.9 Å². The molecule has 2 N–H and O–H groups in total. The Hall–Kier alpha value is -6.95. The second kappa shape index (κ2) is 13.8. The summed E-state index contributed by atoms with van der Waals surface area (Å²) in [6, 6.07) is 57.2. The molecule has 8 bridgehead atoms. The van der Waals surface area contributed by atoms with Crippen LogP contribution in [0.15, 0.2) is 169 Å². The predicted octanol–water partition coefficient (Wildman–Crippen LogP) is 13.3. The van der Waals surface area contributed by atoms with Crippen LogP contribution in [0.25, 0.3) is 102 Å². The molecule has 2 aliphatic rings. The average Bonchev–Trinajstić information content (AvgIpc) is 4.08. The molecule has 0 saturated carbocycles. The number of rotatable bonds is 5. The van der Waals surface area contributed by atoms with E-state index in [0.29, 0.717) is 0 Å². The minimum absolute atomic E-state index is 0.884. The summed E-state index contributed by atoms with van der Waals surface area (Å²) in [7, 11) is 0. The van der Waals surface area contributed by atoms with Gasteiger partial charge in [0.2, 0.25) is 0 Å². The van der Waals surface area contributed by atoms with Crippen LogP contribution in [0.4, 0.5) is 0 Å². The lowest BCUT2D eigenvalue weighted by Crippen LogP contribution is -1.89. The molecule has 260 valence electrons. The number of H-pyrrole nitrogens is 2. The predicted molar refractivity (Wildman–Crippen MR) is 233 cm³/mol. The van der Waals surface area contributed by atoms with E-state index in [-0.39, 0.29) is 0 Å². The van der Waals surface area contributed by atoms with Crippen molar-refractivity contribution < 1.29 is 0 Å². The van der Waals surface area contributed by atoms with E-state index in [1.165, 1.54) is 0 Å². The summed E-state index contributed by atoms with van der Waals surface area (Å²) in [5.74, 6) is 0. The van der Waals surface area contributed by atoms with Crippen molar-refractivity contribution in [2.45, 2.75) is 4.90 Å². The Morgan fingerprint density at radius 3 is 0.891 bits per heavy atom. The highest BCUT2D eigenvalue weighted by molar-refractivity contribution is 7.80. The van der Waals surface area contributed by atoms with E-state index < -0.39 is 0 Å². The minimum Gasteiger partial charge on any atom is -0.354 e. The van der Waals surface area contributed by atoms with Gasteiger partial charge in [-0.2, -0.15) is 0 Å². The summed E-state index contributed by atoms with van der Waals surface area (Å²) >= 11 is 4.49. The van der Waals surface area contributed by atoms with Gasteiger partial charge < -0.3 is 9.97 Å². The highest BCUT2D eigenvalue weighted by Gasteiger charge is 2.19. The number of hydrogen-bond donors (Lipinski definition) is 3. The summed E-state index contributed by atoms with van der Waals surface area (Å²) in [6.07, 6.45) is 8.56. The quantitative estimate of drug-likeness (QED) is 0.155. The summed E-state index contributed by atoms with van der Waals surface area (Å²) in [4.78, 5) is 19.4. The van der Waals surface area contributed by atoms with Gasteiger partial charge in [-0.05, 0) is 94.1 Å². The van der Waals surface area contributed by atoms with E-state index in [9.17, 15) is 0 Å². The molecular formula is C50H34N4S. The molecule has 0 fully saturated rings. The lowest BCUT2D eigenvalue weighted by molar-refractivity contribution is 1.31. The van der Waals surface area contributed by atoms with Crippen LogP contribution in [0.3, 0.4) is 0 Å². The van der Waals surface area contributed by atoms with Gasteiger partial charge in [0.15, 0.2) is 0 Å². The third-order valence-corrected chi connectivity index (χ3v) is 10.6. The molecule has 10 rings (SSSR count). The number of hydrogen-bond acceptors (Lipinski definition) is 3. The van der Waals surface area contributed by atoms with Gasteiger partial charge in [-0.25, -0.2) is 9.97 Å². The van der Waals surface area contributed by atoms with Crippen molar-refractivity contribution in [2.24, 2.45) is 0 Å². The van der Waals surface area contributed by atoms with Crippen molar-refractivity contribution in [1.82, 2.24) is 19.9 Å². The van der Waals surface area contributed by atoms with Gasteiger partial charge in [-0.3, -0.25) is 0 Å². The number of aromatic nitrogens is 4. The molecule has 0 radical (unpaired) electrons. The number of nitrogens with one attached hydrogen (secondary N) is 2. The Morgan fingerprint density at radius 2 is 0.564 bits per heavy atom. The Bertz CT molecular complexity index is 2900. The van der Waals surface area contributed by atoms with E-state index >= 15 is 0 Å². The van der Waals surface area contributed by atoms with Crippen LogP contribution in [0.1, 0.15) is 22.8 Å². The maximum absolute atomic E-state index is 5.43. The molecule has 0 atom stereocenters. The van der Waals surface area contributed by atoms with Gasteiger partial charge in [0, 0.05) is 49.2 Å². The Morgan fingerprint density at radius 1 is 0.291 bits per heavy atom. The Balaban J connectivity index is 1.32. The molecule has 5 heterocycles. The topological polar surface area (TPSA) is 57.4 Å². The first kappa shape index (κ1) is 32.7. The summed E-state index contributed by atoms with van der Waals surface area (Å²) < 4.78 is 0. The Labute approximate surface area is 324 Å². The molecule has 0 saturated heterocycles. The number of nitrogens with zero attached hydrogens (tertiary/aromatic N) is 2. The van der Waals surface area contributed by atoms with Gasteiger partial charge >= 0.3 is 0 Å². The average molecular weight is 723 g/mol. The SMILES string of the molecule is Sc1ccc(-c2ccc(-c3c4nc(c(-c5ccccc5)c5ccc([nH]5)c(-c5ccccc5)c5nc(c(-c6ccccc6)c6ccc3[nH]6)C=C5)C=C4)cc2)cc1. The van der Waals surface area contributed by atoms with Gasteiger partial charge in [0.25, 0.3) is 0 Å². The van der Waals surface area contributed by atoms with Crippen LogP contribution in [0.2, 0.25) is 0 Å². The molecule has 0 spiro atoms. The van der Waals surface area contributed by atoms with Gasteiger partial charge in [-0.1, -0.05) is 127 Å².